The summed E-state index contributed by atoms with van der Waals surface area (Å²) >= 11 is 0. The van der Waals surface area contributed by atoms with E-state index in [1.807, 2.05) is 18.2 Å². The number of urea groups is 1. The van der Waals surface area contributed by atoms with Crippen molar-refractivity contribution in [1.82, 2.24) is 10.2 Å². The fourth-order valence-electron chi connectivity index (χ4n) is 3.66. The highest BCUT2D eigenvalue weighted by Crippen LogP contribution is 2.35. The molecule has 3 aromatic carbocycles. The van der Waals surface area contributed by atoms with Gasteiger partial charge in [-0.1, -0.05) is 66.7 Å². The average Bonchev–Trinajstić information content (AvgIpc) is 3.06. The number of hydrogen-bond acceptors (Lipinski definition) is 4. The maximum Gasteiger partial charge on any atom is 0.326 e. The molecular formula is C24H18N4O3. The molecule has 7 heteroatoms. The predicted octanol–water partition coefficient (Wildman–Crippen LogP) is 2.99. The number of imide groups is 1. The maximum atomic E-state index is 13.5. The van der Waals surface area contributed by atoms with Gasteiger partial charge in [0, 0.05) is 5.69 Å². The van der Waals surface area contributed by atoms with Gasteiger partial charge in [-0.05, 0) is 29.3 Å². The van der Waals surface area contributed by atoms with E-state index in [4.69, 9.17) is 5.26 Å². The highest BCUT2D eigenvalue weighted by Gasteiger charge is 2.54. The van der Waals surface area contributed by atoms with E-state index in [1.165, 1.54) is 6.07 Å². The van der Waals surface area contributed by atoms with Crippen LogP contribution in [-0.2, 0) is 15.1 Å². The van der Waals surface area contributed by atoms with Gasteiger partial charge in [-0.25, -0.2) is 4.79 Å². The van der Waals surface area contributed by atoms with E-state index in [-0.39, 0.29) is 0 Å². The first kappa shape index (κ1) is 19.9. The number of amides is 4. The second-order valence-corrected chi connectivity index (χ2v) is 7.04. The lowest BCUT2D eigenvalue weighted by atomic mass is 9.82. The van der Waals surface area contributed by atoms with Crippen LogP contribution >= 0.6 is 0 Å². The first-order valence-electron chi connectivity index (χ1n) is 9.60. The number of nitriles is 1. The van der Waals surface area contributed by atoms with Gasteiger partial charge in [-0.3, -0.25) is 14.5 Å². The van der Waals surface area contributed by atoms with Crippen molar-refractivity contribution in [3.63, 3.8) is 0 Å². The van der Waals surface area contributed by atoms with E-state index in [9.17, 15) is 14.4 Å². The molecule has 1 heterocycles. The second-order valence-electron chi connectivity index (χ2n) is 7.04. The van der Waals surface area contributed by atoms with Gasteiger partial charge in [-0.15, -0.1) is 0 Å². The number of anilines is 1. The van der Waals surface area contributed by atoms with Crippen molar-refractivity contribution in [2.45, 2.75) is 5.54 Å². The summed E-state index contributed by atoms with van der Waals surface area (Å²) in [7, 11) is 0. The summed E-state index contributed by atoms with van der Waals surface area (Å²) in [6.45, 7) is -0.455. The minimum Gasteiger partial charge on any atom is -0.324 e. The molecule has 0 spiro atoms. The summed E-state index contributed by atoms with van der Waals surface area (Å²) in [4.78, 5) is 39.8. The number of benzene rings is 3. The Labute approximate surface area is 178 Å². The number of carbonyl (C=O) groups excluding carboxylic acids is 3. The maximum absolute atomic E-state index is 13.5. The van der Waals surface area contributed by atoms with Crippen LogP contribution < -0.4 is 10.6 Å². The Bertz CT molecular complexity index is 1150. The van der Waals surface area contributed by atoms with Crippen LogP contribution in [0.25, 0.3) is 0 Å². The highest BCUT2D eigenvalue weighted by molar-refractivity contribution is 6.12. The molecule has 0 saturated carbocycles. The lowest BCUT2D eigenvalue weighted by Gasteiger charge is -2.28. The Balaban J connectivity index is 1.63. The minimum absolute atomic E-state index is 0.389. The molecule has 0 aromatic heterocycles. The van der Waals surface area contributed by atoms with Crippen LogP contribution in [0.4, 0.5) is 10.5 Å². The number of nitrogens with zero attached hydrogens (tertiary/aromatic N) is 2. The topological polar surface area (TPSA) is 102 Å². The van der Waals surface area contributed by atoms with Gasteiger partial charge in [-0.2, -0.15) is 5.26 Å². The van der Waals surface area contributed by atoms with Crippen LogP contribution in [0, 0.1) is 11.3 Å². The fraction of sp³-hybridized carbons (Fsp3) is 0.0833. The Morgan fingerprint density at radius 3 is 2.13 bits per heavy atom. The highest BCUT2D eigenvalue weighted by atomic mass is 16.2. The quantitative estimate of drug-likeness (QED) is 0.631. The Hall–Kier alpha value is -4.44. The first-order chi connectivity index (χ1) is 15.0. The van der Waals surface area contributed by atoms with Gasteiger partial charge in [0.15, 0.2) is 5.54 Å². The third-order valence-corrected chi connectivity index (χ3v) is 5.10. The van der Waals surface area contributed by atoms with Crippen molar-refractivity contribution >= 4 is 23.5 Å². The summed E-state index contributed by atoms with van der Waals surface area (Å²) in [5, 5.41) is 14.4. The van der Waals surface area contributed by atoms with Crippen molar-refractivity contribution in [2.75, 3.05) is 11.9 Å². The molecule has 4 rings (SSSR count). The summed E-state index contributed by atoms with van der Waals surface area (Å²) in [6, 6.07) is 25.6. The molecule has 2 N–H and O–H groups in total. The van der Waals surface area contributed by atoms with Crippen molar-refractivity contribution in [3.8, 4) is 6.07 Å². The fourth-order valence-corrected chi connectivity index (χ4v) is 3.66. The lowest BCUT2D eigenvalue weighted by molar-refractivity contribution is -0.133. The summed E-state index contributed by atoms with van der Waals surface area (Å²) in [5.41, 5.74) is 0.586. The van der Waals surface area contributed by atoms with Gasteiger partial charge < -0.3 is 10.6 Å². The third-order valence-electron chi connectivity index (χ3n) is 5.10. The largest absolute Gasteiger partial charge is 0.326 e. The molecular weight excluding hydrogens is 392 g/mol. The molecule has 0 aliphatic carbocycles. The van der Waals surface area contributed by atoms with Crippen molar-refractivity contribution < 1.29 is 14.4 Å². The molecule has 0 radical (unpaired) electrons. The molecule has 0 unspecified atom stereocenters. The van der Waals surface area contributed by atoms with E-state index < -0.39 is 29.9 Å². The summed E-state index contributed by atoms with van der Waals surface area (Å²) in [5.74, 6) is -1.08. The second kappa shape index (κ2) is 8.13. The Morgan fingerprint density at radius 1 is 0.935 bits per heavy atom. The molecule has 152 valence electrons. The van der Waals surface area contributed by atoms with Gasteiger partial charge >= 0.3 is 6.03 Å². The lowest BCUT2D eigenvalue weighted by Crippen LogP contribution is -2.45. The van der Waals surface area contributed by atoms with Gasteiger partial charge in [0.25, 0.3) is 5.91 Å². The molecule has 0 bridgehead atoms. The smallest absolute Gasteiger partial charge is 0.324 e. The number of carbonyl (C=O) groups is 3. The van der Waals surface area contributed by atoms with E-state index in [2.05, 4.69) is 10.6 Å². The molecule has 31 heavy (non-hydrogen) atoms. The molecule has 3 aromatic rings. The number of rotatable bonds is 5. The van der Waals surface area contributed by atoms with E-state index in [0.717, 1.165) is 4.90 Å². The molecule has 1 aliphatic rings. The van der Waals surface area contributed by atoms with Crippen molar-refractivity contribution in [1.29, 1.82) is 5.26 Å². The van der Waals surface area contributed by atoms with Crippen LogP contribution in [-0.4, -0.2) is 29.3 Å². The van der Waals surface area contributed by atoms with Crippen LogP contribution in [0.15, 0.2) is 84.9 Å². The monoisotopic (exact) mass is 410 g/mol. The zero-order chi connectivity index (χ0) is 21.8. The van der Waals surface area contributed by atoms with Crippen molar-refractivity contribution in [2.24, 2.45) is 0 Å². The molecule has 1 aliphatic heterocycles. The first-order valence-corrected chi connectivity index (χ1v) is 9.60. The number of nitrogens with one attached hydrogen (secondary N) is 2. The van der Waals surface area contributed by atoms with E-state index >= 15 is 0 Å². The van der Waals surface area contributed by atoms with Crippen LogP contribution in [0.1, 0.15) is 16.7 Å². The van der Waals surface area contributed by atoms with Crippen LogP contribution in [0.3, 0.4) is 0 Å². The zero-order valence-electron chi connectivity index (χ0n) is 16.4. The molecule has 0 atom stereocenters. The van der Waals surface area contributed by atoms with Crippen molar-refractivity contribution in [3.05, 3.63) is 102 Å². The van der Waals surface area contributed by atoms with Crippen LogP contribution in [0.2, 0.25) is 0 Å². The third kappa shape index (κ3) is 3.63. The minimum atomic E-state index is -1.42. The number of hydrogen-bond donors (Lipinski definition) is 2. The SMILES string of the molecule is N#Cc1cccc(NC(=O)CN2C(=O)NC(c3ccccc3)(c3ccccc3)C2=O)c1. The average molecular weight is 410 g/mol. The van der Waals surface area contributed by atoms with Gasteiger partial charge in [0.2, 0.25) is 5.91 Å². The molecule has 1 saturated heterocycles. The van der Waals surface area contributed by atoms with Gasteiger partial charge in [0.1, 0.15) is 6.54 Å². The summed E-state index contributed by atoms with van der Waals surface area (Å²) < 4.78 is 0. The standard InChI is InChI=1S/C24H18N4O3/c25-15-17-8-7-13-20(14-17)26-21(29)16-28-22(30)24(27-23(28)31,18-9-3-1-4-10-18)19-11-5-2-6-12-19/h1-14H,16H2,(H,26,29)(H,27,31). The molecule has 1 fully saturated rings. The van der Waals surface area contributed by atoms with E-state index in [1.54, 1.807) is 66.7 Å². The normalized spacial score (nSPS) is 14.6. The predicted molar refractivity (Wildman–Crippen MR) is 114 cm³/mol. The van der Waals surface area contributed by atoms with Gasteiger partial charge in [0.05, 0.1) is 11.6 Å². The zero-order valence-corrected chi connectivity index (χ0v) is 16.4. The Kier molecular flexibility index (Phi) is 5.21. The molecule has 7 nitrogen and oxygen atoms in total. The van der Waals surface area contributed by atoms with E-state index in [0.29, 0.717) is 22.4 Å². The molecule has 4 amide bonds. The Morgan fingerprint density at radius 2 is 1.55 bits per heavy atom. The summed E-state index contributed by atoms with van der Waals surface area (Å²) in [6.07, 6.45) is 0. The van der Waals surface area contributed by atoms with Crippen LogP contribution in [0.5, 0.6) is 0 Å².